The summed E-state index contributed by atoms with van der Waals surface area (Å²) in [7, 11) is 0.752. The Labute approximate surface area is 199 Å². The zero-order valence-electron chi connectivity index (χ0n) is 19.5. The second kappa shape index (κ2) is 9.56. The van der Waals surface area contributed by atoms with Crippen molar-refractivity contribution >= 4 is 27.1 Å². The van der Waals surface area contributed by atoms with E-state index < -0.39 is 9.84 Å². The van der Waals surface area contributed by atoms with Gasteiger partial charge >= 0.3 is 0 Å². The Bertz CT molecular complexity index is 1310. The molecule has 3 aromatic carbocycles. The highest BCUT2D eigenvalue weighted by Gasteiger charge is 2.26. The first-order chi connectivity index (χ1) is 16.1. The Kier molecular flexibility index (Phi) is 6.72. The molecule has 0 aliphatic carbocycles. The lowest BCUT2D eigenvalue weighted by molar-refractivity contribution is 0.102. The normalized spacial score (nSPS) is 16.1. The number of hydrogen-bond acceptors (Lipinski definition) is 5. The topological polar surface area (TPSA) is 69.7 Å². The zero-order valence-corrected chi connectivity index (χ0v) is 20.3. The summed E-state index contributed by atoms with van der Waals surface area (Å²) in [5.74, 6) is -0.712. The summed E-state index contributed by atoms with van der Waals surface area (Å²) in [6.45, 7) is 1.57. The maximum absolute atomic E-state index is 14.8. The highest BCUT2D eigenvalue weighted by Crippen LogP contribution is 2.28. The van der Waals surface area contributed by atoms with Gasteiger partial charge in [0.2, 0.25) is 0 Å². The number of carbonyl (C=O) groups excluding carboxylic acids is 1. The van der Waals surface area contributed by atoms with Gasteiger partial charge in [-0.15, -0.1) is 0 Å². The average molecular weight is 482 g/mol. The van der Waals surface area contributed by atoms with Crippen molar-refractivity contribution < 1.29 is 17.6 Å². The third-order valence-corrected chi connectivity index (χ3v) is 7.29. The zero-order chi connectivity index (χ0) is 24.5. The van der Waals surface area contributed by atoms with Crippen LogP contribution in [0.25, 0.3) is 11.1 Å². The van der Waals surface area contributed by atoms with E-state index in [-0.39, 0.29) is 16.6 Å². The lowest BCUT2D eigenvalue weighted by Gasteiger charge is -2.22. The fourth-order valence-corrected chi connectivity index (χ4v) is 4.81. The smallest absolute Gasteiger partial charge is 0.255 e. The van der Waals surface area contributed by atoms with Gasteiger partial charge in [0.05, 0.1) is 10.6 Å². The van der Waals surface area contributed by atoms with Crippen LogP contribution in [0.2, 0.25) is 0 Å². The number of sulfone groups is 1. The highest BCUT2D eigenvalue weighted by atomic mass is 32.2. The van der Waals surface area contributed by atoms with E-state index in [0.29, 0.717) is 23.0 Å². The SMILES string of the molecule is CN(C)C1CCN(c2ccc(NC(=O)c3ccc(-c4cccc(S(C)(=O)=O)c4)cc3)cc2F)C1. The summed E-state index contributed by atoms with van der Waals surface area (Å²) in [6, 6.07) is 18.7. The van der Waals surface area contributed by atoms with Crippen LogP contribution in [0.1, 0.15) is 16.8 Å². The average Bonchev–Trinajstić information content (AvgIpc) is 3.29. The van der Waals surface area contributed by atoms with E-state index in [1.54, 1.807) is 54.6 Å². The number of amides is 1. The Morgan fingerprint density at radius 3 is 2.38 bits per heavy atom. The van der Waals surface area contributed by atoms with Gasteiger partial charge in [-0.1, -0.05) is 24.3 Å². The molecule has 34 heavy (non-hydrogen) atoms. The van der Waals surface area contributed by atoms with Crippen molar-refractivity contribution in [2.75, 3.05) is 43.7 Å². The number of carbonyl (C=O) groups is 1. The quantitative estimate of drug-likeness (QED) is 0.569. The molecule has 0 spiro atoms. The Morgan fingerprint density at radius 1 is 1.03 bits per heavy atom. The van der Waals surface area contributed by atoms with Crippen LogP contribution in [0, 0.1) is 5.82 Å². The van der Waals surface area contributed by atoms with Gasteiger partial charge in [-0.2, -0.15) is 0 Å². The summed E-state index contributed by atoms with van der Waals surface area (Å²) < 4.78 is 38.4. The molecule has 1 saturated heterocycles. The van der Waals surface area contributed by atoms with Gasteiger partial charge in [0, 0.05) is 36.6 Å². The Balaban J connectivity index is 1.45. The van der Waals surface area contributed by atoms with Gasteiger partial charge in [-0.3, -0.25) is 4.79 Å². The van der Waals surface area contributed by atoms with Crippen molar-refractivity contribution in [2.24, 2.45) is 0 Å². The first kappa shape index (κ1) is 23.9. The van der Waals surface area contributed by atoms with Crippen LogP contribution in [0.15, 0.2) is 71.6 Å². The first-order valence-corrected chi connectivity index (χ1v) is 12.9. The van der Waals surface area contributed by atoms with Crippen molar-refractivity contribution in [3.8, 4) is 11.1 Å². The number of benzene rings is 3. The maximum Gasteiger partial charge on any atom is 0.255 e. The first-order valence-electron chi connectivity index (χ1n) is 11.0. The van der Waals surface area contributed by atoms with E-state index in [0.717, 1.165) is 30.6 Å². The standard InChI is InChI=1S/C26H28FN3O3S/c1-29(2)22-13-14-30(17-22)25-12-11-21(16-24(25)27)28-26(31)19-9-7-18(8-10-19)20-5-4-6-23(15-20)34(3,32)33/h4-12,15-16,22H,13-14,17H2,1-3H3,(H,28,31). The molecule has 1 N–H and O–H groups in total. The fraction of sp³-hybridized carbons (Fsp3) is 0.269. The lowest BCUT2D eigenvalue weighted by atomic mass is 10.0. The van der Waals surface area contributed by atoms with E-state index in [4.69, 9.17) is 0 Å². The molecule has 0 saturated carbocycles. The second-order valence-electron chi connectivity index (χ2n) is 8.85. The minimum Gasteiger partial charge on any atom is -0.368 e. The molecule has 3 aromatic rings. The molecule has 1 unspecified atom stereocenters. The number of halogens is 1. The van der Waals surface area contributed by atoms with E-state index >= 15 is 0 Å². The van der Waals surface area contributed by atoms with Crippen LogP contribution in [-0.4, -0.2) is 58.7 Å². The molecule has 1 fully saturated rings. The van der Waals surface area contributed by atoms with Crippen molar-refractivity contribution in [1.82, 2.24) is 4.90 Å². The molecular formula is C26H28FN3O3S. The molecule has 1 atom stereocenters. The van der Waals surface area contributed by atoms with Gasteiger partial charge in [0.15, 0.2) is 9.84 Å². The van der Waals surface area contributed by atoms with Crippen LogP contribution in [-0.2, 0) is 9.84 Å². The summed E-state index contributed by atoms with van der Waals surface area (Å²) in [4.78, 5) is 17.1. The summed E-state index contributed by atoms with van der Waals surface area (Å²) >= 11 is 0. The van der Waals surface area contributed by atoms with E-state index in [1.807, 2.05) is 25.1 Å². The predicted octanol–water partition coefficient (Wildman–Crippen LogP) is 4.29. The number of rotatable bonds is 6. The molecule has 1 amide bonds. The van der Waals surface area contributed by atoms with Gasteiger partial charge in [-0.05, 0) is 74.1 Å². The highest BCUT2D eigenvalue weighted by molar-refractivity contribution is 7.90. The number of anilines is 2. The van der Waals surface area contributed by atoms with Crippen LogP contribution in [0.4, 0.5) is 15.8 Å². The molecule has 0 bridgehead atoms. The third kappa shape index (κ3) is 5.29. The summed E-state index contributed by atoms with van der Waals surface area (Å²) in [6.07, 6.45) is 2.15. The minimum absolute atomic E-state index is 0.239. The molecule has 0 aromatic heterocycles. The molecule has 6 nitrogen and oxygen atoms in total. The van der Waals surface area contributed by atoms with Gasteiger partial charge in [0.25, 0.3) is 5.91 Å². The van der Waals surface area contributed by atoms with Crippen LogP contribution in [0.5, 0.6) is 0 Å². The molecular weight excluding hydrogens is 453 g/mol. The molecule has 4 rings (SSSR count). The number of likely N-dealkylation sites (N-methyl/N-ethyl adjacent to an activating group) is 1. The largest absolute Gasteiger partial charge is 0.368 e. The summed E-state index contributed by atoms with van der Waals surface area (Å²) in [5.41, 5.74) is 2.88. The van der Waals surface area contributed by atoms with Gasteiger partial charge < -0.3 is 15.1 Å². The maximum atomic E-state index is 14.8. The van der Waals surface area contributed by atoms with E-state index in [9.17, 15) is 17.6 Å². The molecule has 8 heteroatoms. The molecule has 0 radical (unpaired) electrons. The minimum atomic E-state index is -3.31. The van der Waals surface area contributed by atoms with Gasteiger partial charge in [-0.25, -0.2) is 12.8 Å². The number of hydrogen-bond donors (Lipinski definition) is 1. The van der Waals surface area contributed by atoms with Gasteiger partial charge in [0.1, 0.15) is 5.82 Å². The van der Waals surface area contributed by atoms with Crippen molar-refractivity contribution in [3.63, 3.8) is 0 Å². The second-order valence-corrected chi connectivity index (χ2v) is 10.9. The lowest BCUT2D eigenvalue weighted by Crippen LogP contribution is -2.31. The molecule has 1 heterocycles. The monoisotopic (exact) mass is 481 g/mol. The predicted molar refractivity (Wildman–Crippen MR) is 134 cm³/mol. The third-order valence-electron chi connectivity index (χ3n) is 6.18. The van der Waals surface area contributed by atoms with Crippen molar-refractivity contribution in [2.45, 2.75) is 17.4 Å². The Morgan fingerprint density at radius 2 is 1.76 bits per heavy atom. The van der Waals surface area contributed by atoms with Crippen molar-refractivity contribution in [3.05, 3.63) is 78.1 Å². The van der Waals surface area contributed by atoms with E-state index in [1.165, 1.54) is 12.3 Å². The summed E-state index contributed by atoms with van der Waals surface area (Å²) in [5, 5.41) is 2.75. The van der Waals surface area contributed by atoms with Crippen LogP contribution < -0.4 is 10.2 Å². The van der Waals surface area contributed by atoms with Crippen LogP contribution >= 0.6 is 0 Å². The number of nitrogens with zero attached hydrogens (tertiary/aromatic N) is 2. The molecule has 178 valence electrons. The number of nitrogens with one attached hydrogen (secondary N) is 1. The van der Waals surface area contributed by atoms with E-state index in [2.05, 4.69) is 10.2 Å². The Hall–Kier alpha value is -3.23. The van der Waals surface area contributed by atoms with Crippen LogP contribution in [0.3, 0.4) is 0 Å². The molecule has 1 aliphatic rings. The molecule has 1 aliphatic heterocycles. The fourth-order valence-electron chi connectivity index (χ4n) is 4.15. The van der Waals surface area contributed by atoms with Crippen molar-refractivity contribution in [1.29, 1.82) is 0 Å².